The van der Waals surface area contributed by atoms with Crippen molar-refractivity contribution in [3.8, 4) is 11.3 Å². The molecule has 3 heteroatoms. The largest absolute Gasteiger partial charge is 0.401 e. The maximum absolute atomic E-state index is 6.26. The summed E-state index contributed by atoms with van der Waals surface area (Å²) < 4.78 is 0. The Balaban J connectivity index is 1.10. The maximum Gasteiger partial charge on any atom is 0.0701 e. The molecule has 2 aliphatic carbocycles. The van der Waals surface area contributed by atoms with Gasteiger partial charge in [-0.15, -0.1) is 0 Å². The Morgan fingerprint density at radius 3 is 2.30 bits per heavy atom. The standard InChI is InChI=1S/C41H37N3/c1-29(10-7-12-31-25-26-38-36-15-4-2-3-14-35(36)37-17-9-16-34(31)41(37)38)19-22-32(39(43)28-42)13-8-11-30-20-23-33(24-21-30)40-18-5-6-27-44-40/h3-10,13-27H,1-2,11-12,28,42-43H2/b10-7-,13-8-,22-19-,39-32+. The van der Waals surface area contributed by atoms with Crippen LogP contribution in [0.2, 0.25) is 0 Å². The van der Waals surface area contributed by atoms with Crippen molar-refractivity contribution < 1.29 is 0 Å². The van der Waals surface area contributed by atoms with E-state index in [1.807, 2.05) is 42.6 Å². The van der Waals surface area contributed by atoms with E-state index in [0.717, 1.165) is 41.7 Å². The van der Waals surface area contributed by atoms with Crippen LogP contribution >= 0.6 is 0 Å². The van der Waals surface area contributed by atoms with Gasteiger partial charge in [-0.3, -0.25) is 4.98 Å². The van der Waals surface area contributed by atoms with Gasteiger partial charge < -0.3 is 11.5 Å². The molecule has 0 saturated heterocycles. The van der Waals surface area contributed by atoms with Crippen molar-refractivity contribution in [3.05, 3.63) is 185 Å². The van der Waals surface area contributed by atoms with Gasteiger partial charge in [0.05, 0.1) is 5.69 Å². The number of hydrogen-bond acceptors (Lipinski definition) is 3. The van der Waals surface area contributed by atoms with Crippen LogP contribution in [0.5, 0.6) is 0 Å². The first-order valence-electron chi connectivity index (χ1n) is 15.1. The third-order valence-electron chi connectivity index (χ3n) is 8.15. The molecule has 3 aromatic carbocycles. The van der Waals surface area contributed by atoms with E-state index in [1.54, 1.807) is 0 Å². The summed E-state index contributed by atoms with van der Waals surface area (Å²) in [6, 6.07) is 25.6. The predicted octanol–water partition coefficient (Wildman–Crippen LogP) is 8.82. The summed E-state index contributed by atoms with van der Waals surface area (Å²) in [6.07, 6.45) is 25.8. The summed E-state index contributed by atoms with van der Waals surface area (Å²) in [7, 11) is 0. The Hall–Kier alpha value is -5.25. The minimum absolute atomic E-state index is 0.292. The number of fused-ring (bicyclic) bond motifs is 2. The van der Waals surface area contributed by atoms with Gasteiger partial charge in [-0.05, 0) is 86.7 Å². The summed E-state index contributed by atoms with van der Waals surface area (Å²) in [4.78, 5) is 4.43. The van der Waals surface area contributed by atoms with Crippen molar-refractivity contribution in [1.82, 2.24) is 4.98 Å². The van der Waals surface area contributed by atoms with E-state index in [0.29, 0.717) is 12.2 Å². The molecule has 44 heavy (non-hydrogen) atoms. The lowest BCUT2D eigenvalue weighted by Gasteiger charge is -2.09. The second-order valence-corrected chi connectivity index (χ2v) is 11.1. The lowest BCUT2D eigenvalue weighted by atomic mass is 9.95. The highest BCUT2D eigenvalue weighted by Crippen LogP contribution is 2.45. The highest BCUT2D eigenvalue weighted by molar-refractivity contribution is 6.18. The summed E-state index contributed by atoms with van der Waals surface area (Å²) in [5, 5.41) is 2.68. The number of hydrogen-bond donors (Lipinski definition) is 2. The highest BCUT2D eigenvalue weighted by Gasteiger charge is 2.22. The molecular formula is C41H37N3. The van der Waals surface area contributed by atoms with Gasteiger partial charge >= 0.3 is 0 Å². The van der Waals surface area contributed by atoms with Gasteiger partial charge in [0.25, 0.3) is 0 Å². The van der Waals surface area contributed by atoms with Gasteiger partial charge in [0.15, 0.2) is 0 Å². The molecule has 4 aromatic rings. The van der Waals surface area contributed by atoms with Crippen molar-refractivity contribution in [3.63, 3.8) is 0 Å². The smallest absolute Gasteiger partial charge is 0.0701 e. The predicted molar refractivity (Wildman–Crippen MR) is 188 cm³/mol. The molecule has 0 aliphatic heterocycles. The molecule has 1 heterocycles. The molecule has 0 saturated carbocycles. The Labute approximate surface area is 260 Å². The number of allylic oxidation sites excluding steroid dienone is 14. The first-order chi connectivity index (χ1) is 21.6. The van der Waals surface area contributed by atoms with Gasteiger partial charge in [0.1, 0.15) is 0 Å². The fraction of sp³-hybridized carbons (Fsp3) is 0.0976. The summed E-state index contributed by atoms with van der Waals surface area (Å²) >= 11 is 0. The van der Waals surface area contributed by atoms with E-state index in [4.69, 9.17) is 11.5 Å². The molecule has 0 atom stereocenters. The second-order valence-electron chi connectivity index (χ2n) is 11.1. The number of nitrogens with two attached hydrogens (primary N) is 2. The average molecular weight is 572 g/mol. The summed E-state index contributed by atoms with van der Waals surface area (Å²) in [5.41, 5.74) is 24.5. The third-order valence-corrected chi connectivity index (χ3v) is 8.15. The van der Waals surface area contributed by atoms with Gasteiger partial charge in [0.2, 0.25) is 0 Å². The molecule has 0 amide bonds. The lowest BCUT2D eigenvalue weighted by Crippen LogP contribution is -2.12. The quantitative estimate of drug-likeness (QED) is 0.187. The number of rotatable bonds is 10. The SMILES string of the molecule is C=C(/C=C\Cc1ccc2c3c(cccc13)C1=C2C=CCC=C1)\C=C/C(/C=C\Cc1ccc(-c2ccccn2)cc1)=C(/N)CN. The summed E-state index contributed by atoms with van der Waals surface area (Å²) in [6.45, 7) is 4.53. The highest BCUT2D eigenvalue weighted by atomic mass is 14.7. The van der Waals surface area contributed by atoms with E-state index in [2.05, 4.69) is 109 Å². The Morgan fingerprint density at radius 2 is 1.55 bits per heavy atom. The van der Waals surface area contributed by atoms with Crippen LogP contribution in [0.4, 0.5) is 0 Å². The maximum atomic E-state index is 6.26. The van der Waals surface area contributed by atoms with E-state index in [1.165, 1.54) is 44.2 Å². The normalized spacial score (nSPS) is 14.7. The molecule has 4 N–H and O–H groups in total. The zero-order chi connectivity index (χ0) is 30.3. The zero-order valence-electron chi connectivity index (χ0n) is 24.9. The average Bonchev–Trinajstić information content (AvgIpc) is 3.19. The van der Waals surface area contributed by atoms with Gasteiger partial charge in [-0.1, -0.05) is 128 Å². The van der Waals surface area contributed by atoms with Crippen molar-refractivity contribution in [1.29, 1.82) is 0 Å². The van der Waals surface area contributed by atoms with E-state index in [-0.39, 0.29) is 0 Å². The molecule has 3 nitrogen and oxygen atoms in total. The molecule has 0 spiro atoms. The first kappa shape index (κ1) is 28.9. The van der Waals surface area contributed by atoms with Crippen LogP contribution < -0.4 is 11.5 Å². The van der Waals surface area contributed by atoms with Crippen LogP contribution in [-0.2, 0) is 12.8 Å². The zero-order valence-corrected chi connectivity index (χ0v) is 24.9. The molecule has 2 aliphatic rings. The molecule has 0 fully saturated rings. The molecule has 0 radical (unpaired) electrons. The number of benzene rings is 3. The van der Waals surface area contributed by atoms with Crippen LogP contribution in [0.1, 0.15) is 28.7 Å². The molecule has 216 valence electrons. The monoisotopic (exact) mass is 571 g/mol. The fourth-order valence-corrected chi connectivity index (χ4v) is 5.84. The number of aromatic nitrogens is 1. The van der Waals surface area contributed by atoms with Crippen LogP contribution in [0.3, 0.4) is 0 Å². The van der Waals surface area contributed by atoms with E-state index in [9.17, 15) is 0 Å². The lowest BCUT2D eigenvalue weighted by molar-refractivity contribution is 1.09. The molecule has 6 rings (SSSR count). The van der Waals surface area contributed by atoms with Crippen LogP contribution in [-0.4, -0.2) is 11.5 Å². The van der Waals surface area contributed by atoms with Gasteiger partial charge in [-0.2, -0.15) is 0 Å². The van der Waals surface area contributed by atoms with Gasteiger partial charge in [0, 0.05) is 24.0 Å². The summed E-state index contributed by atoms with van der Waals surface area (Å²) in [5.74, 6) is 0. The number of pyridine rings is 1. The van der Waals surface area contributed by atoms with E-state index >= 15 is 0 Å². The minimum atomic E-state index is 0.292. The van der Waals surface area contributed by atoms with Crippen molar-refractivity contribution >= 4 is 21.9 Å². The van der Waals surface area contributed by atoms with Crippen LogP contribution in [0.15, 0.2) is 163 Å². The fourth-order valence-electron chi connectivity index (χ4n) is 5.84. The Bertz CT molecular complexity index is 1880. The Kier molecular flexibility index (Phi) is 8.77. The van der Waals surface area contributed by atoms with E-state index < -0.39 is 0 Å². The molecule has 1 aromatic heterocycles. The van der Waals surface area contributed by atoms with Crippen molar-refractivity contribution in [2.75, 3.05) is 6.54 Å². The molecule has 0 bridgehead atoms. The molecular weight excluding hydrogens is 534 g/mol. The first-order valence-corrected chi connectivity index (χ1v) is 15.1. The van der Waals surface area contributed by atoms with Crippen LogP contribution in [0.25, 0.3) is 33.2 Å². The topological polar surface area (TPSA) is 64.9 Å². The minimum Gasteiger partial charge on any atom is -0.401 e. The van der Waals surface area contributed by atoms with Crippen molar-refractivity contribution in [2.24, 2.45) is 11.5 Å². The number of nitrogens with zero attached hydrogens (tertiary/aromatic N) is 1. The second kappa shape index (κ2) is 13.4. The Morgan fingerprint density at radius 1 is 0.773 bits per heavy atom. The molecule has 0 unspecified atom stereocenters. The third kappa shape index (κ3) is 6.24. The van der Waals surface area contributed by atoms with Crippen LogP contribution in [0, 0.1) is 0 Å². The van der Waals surface area contributed by atoms with Crippen molar-refractivity contribution in [2.45, 2.75) is 19.3 Å². The van der Waals surface area contributed by atoms with Gasteiger partial charge in [-0.25, -0.2) is 0 Å².